The van der Waals surface area contributed by atoms with Crippen LogP contribution in [0.2, 0.25) is 0 Å². The average Bonchev–Trinajstić information content (AvgIpc) is 3.09. The van der Waals surface area contributed by atoms with Crippen LogP contribution in [-0.2, 0) is 16.1 Å². The molecule has 0 aromatic heterocycles. The zero-order valence-electron chi connectivity index (χ0n) is 17.9. The molecule has 176 valence electrons. The van der Waals surface area contributed by atoms with Gasteiger partial charge < -0.3 is 10.1 Å². The van der Waals surface area contributed by atoms with Crippen molar-refractivity contribution in [3.05, 3.63) is 105 Å². The van der Waals surface area contributed by atoms with Crippen molar-refractivity contribution in [2.75, 3.05) is 11.9 Å². The molecule has 3 amide bonds. The maximum Gasteiger partial charge on any atom is 0.338 e. The number of esters is 1. The van der Waals surface area contributed by atoms with Crippen LogP contribution in [0, 0.1) is 15.9 Å². The van der Waals surface area contributed by atoms with E-state index in [0.29, 0.717) is 16.7 Å². The molecule has 0 fully saturated rings. The predicted molar refractivity (Wildman–Crippen MR) is 119 cm³/mol. The van der Waals surface area contributed by atoms with Crippen LogP contribution in [-0.4, -0.2) is 40.1 Å². The molecule has 1 aliphatic rings. The van der Waals surface area contributed by atoms with Gasteiger partial charge in [-0.15, -0.1) is 0 Å². The zero-order chi connectivity index (χ0) is 25.1. The Bertz CT molecular complexity index is 1340. The fourth-order valence-corrected chi connectivity index (χ4v) is 3.43. The van der Waals surface area contributed by atoms with Crippen molar-refractivity contribution in [3.63, 3.8) is 0 Å². The first kappa shape index (κ1) is 23.2. The molecule has 0 saturated heterocycles. The van der Waals surface area contributed by atoms with Crippen molar-refractivity contribution >= 4 is 35.1 Å². The molecule has 3 aromatic carbocycles. The average molecular weight is 477 g/mol. The summed E-state index contributed by atoms with van der Waals surface area (Å²) in [6.07, 6.45) is 0. The van der Waals surface area contributed by atoms with E-state index in [2.05, 4.69) is 5.32 Å². The normalized spacial score (nSPS) is 12.3. The summed E-state index contributed by atoms with van der Waals surface area (Å²) in [7, 11) is 0. The summed E-state index contributed by atoms with van der Waals surface area (Å²) in [5, 5.41) is 12.9. The first-order valence-electron chi connectivity index (χ1n) is 10.2. The van der Waals surface area contributed by atoms with Crippen molar-refractivity contribution in [1.29, 1.82) is 0 Å². The molecule has 0 bridgehead atoms. The number of amides is 3. The summed E-state index contributed by atoms with van der Waals surface area (Å²) < 4.78 is 18.7. The predicted octanol–water partition coefficient (Wildman–Crippen LogP) is 3.33. The third kappa shape index (κ3) is 4.88. The number of rotatable bonds is 7. The standard InChI is InChI=1S/C24H16FN3O7/c25-19-10-9-16(28(33)34)11-20(19)26-21(29)13-35-24(32)15-7-5-14(6-8-15)12-27-22(30)17-3-1-2-4-18(17)23(27)31/h1-11H,12-13H2,(H,26,29). The number of carbonyl (C=O) groups is 4. The number of benzene rings is 3. The molecule has 0 spiro atoms. The molecular weight excluding hydrogens is 461 g/mol. The van der Waals surface area contributed by atoms with Crippen molar-refractivity contribution in [2.45, 2.75) is 6.54 Å². The third-order valence-electron chi connectivity index (χ3n) is 5.18. The number of nitrogens with zero attached hydrogens (tertiary/aromatic N) is 2. The Balaban J connectivity index is 1.33. The fourth-order valence-electron chi connectivity index (χ4n) is 3.43. The van der Waals surface area contributed by atoms with Crippen LogP contribution in [0.1, 0.15) is 36.6 Å². The Morgan fingerprint density at radius 1 is 0.971 bits per heavy atom. The number of fused-ring (bicyclic) bond motifs is 1. The number of hydrogen-bond acceptors (Lipinski definition) is 7. The first-order chi connectivity index (χ1) is 16.7. The van der Waals surface area contributed by atoms with E-state index in [1.807, 2.05) is 0 Å². The highest BCUT2D eigenvalue weighted by Crippen LogP contribution is 2.24. The molecule has 3 aromatic rings. The van der Waals surface area contributed by atoms with E-state index in [0.717, 1.165) is 23.1 Å². The van der Waals surface area contributed by atoms with Crippen LogP contribution < -0.4 is 5.32 Å². The van der Waals surface area contributed by atoms with E-state index in [-0.39, 0.29) is 12.1 Å². The van der Waals surface area contributed by atoms with E-state index in [1.54, 1.807) is 36.4 Å². The Labute approximate surface area is 197 Å². The van der Waals surface area contributed by atoms with Crippen molar-refractivity contribution < 1.29 is 33.2 Å². The minimum absolute atomic E-state index is 0.0128. The molecule has 35 heavy (non-hydrogen) atoms. The van der Waals surface area contributed by atoms with E-state index >= 15 is 0 Å². The highest BCUT2D eigenvalue weighted by molar-refractivity contribution is 6.21. The second-order valence-electron chi connectivity index (χ2n) is 7.48. The number of ether oxygens (including phenoxy) is 1. The molecule has 4 rings (SSSR count). The van der Waals surface area contributed by atoms with E-state index in [4.69, 9.17) is 4.74 Å². The molecule has 0 unspecified atom stereocenters. The number of nitro benzene ring substituents is 1. The van der Waals surface area contributed by atoms with Crippen LogP contribution >= 0.6 is 0 Å². The van der Waals surface area contributed by atoms with Crippen molar-refractivity contribution in [2.24, 2.45) is 0 Å². The fraction of sp³-hybridized carbons (Fsp3) is 0.0833. The van der Waals surface area contributed by atoms with Crippen LogP contribution in [0.4, 0.5) is 15.8 Å². The van der Waals surface area contributed by atoms with Gasteiger partial charge in [0.1, 0.15) is 5.82 Å². The topological polar surface area (TPSA) is 136 Å². The van der Waals surface area contributed by atoms with E-state index in [1.165, 1.54) is 12.1 Å². The highest BCUT2D eigenvalue weighted by atomic mass is 19.1. The van der Waals surface area contributed by atoms with Crippen molar-refractivity contribution in [1.82, 2.24) is 4.90 Å². The lowest BCUT2D eigenvalue weighted by Gasteiger charge is -2.14. The molecule has 10 nitrogen and oxygen atoms in total. The molecule has 0 radical (unpaired) electrons. The van der Waals surface area contributed by atoms with Gasteiger partial charge in [0, 0.05) is 12.1 Å². The summed E-state index contributed by atoms with van der Waals surface area (Å²) in [5.74, 6) is -3.42. The molecule has 1 N–H and O–H groups in total. The van der Waals surface area contributed by atoms with Gasteiger partial charge in [0.05, 0.1) is 33.8 Å². The van der Waals surface area contributed by atoms with Gasteiger partial charge in [-0.25, -0.2) is 9.18 Å². The number of halogens is 1. The summed E-state index contributed by atoms with van der Waals surface area (Å²) in [6.45, 7) is -0.739. The maximum absolute atomic E-state index is 13.8. The molecule has 1 heterocycles. The molecular formula is C24H16FN3O7. The van der Waals surface area contributed by atoms with E-state index < -0.39 is 52.4 Å². The van der Waals surface area contributed by atoms with Gasteiger partial charge in [0.25, 0.3) is 23.4 Å². The van der Waals surface area contributed by atoms with Gasteiger partial charge in [0.15, 0.2) is 6.61 Å². The largest absolute Gasteiger partial charge is 0.452 e. The molecule has 0 aliphatic carbocycles. The number of non-ortho nitro benzene ring substituents is 1. The summed E-state index contributed by atoms with van der Waals surface area (Å²) in [5.41, 5.74) is 0.528. The van der Waals surface area contributed by atoms with Gasteiger partial charge in [-0.05, 0) is 35.9 Å². The summed E-state index contributed by atoms with van der Waals surface area (Å²) in [6, 6.07) is 15.0. The van der Waals surface area contributed by atoms with Gasteiger partial charge in [-0.2, -0.15) is 0 Å². The molecule has 11 heteroatoms. The Morgan fingerprint density at radius 3 is 2.20 bits per heavy atom. The number of anilines is 1. The Hall–Kier alpha value is -4.93. The van der Waals surface area contributed by atoms with Gasteiger partial charge in [-0.3, -0.25) is 29.4 Å². The van der Waals surface area contributed by atoms with Crippen LogP contribution in [0.15, 0.2) is 66.7 Å². The maximum atomic E-state index is 13.8. The van der Waals surface area contributed by atoms with E-state index in [9.17, 15) is 33.7 Å². The second kappa shape index (κ2) is 9.51. The third-order valence-corrected chi connectivity index (χ3v) is 5.18. The lowest BCUT2D eigenvalue weighted by molar-refractivity contribution is -0.384. The Kier molecular flexibility index (Phi) is 6.32. The molecule has 0 atom stereocenters. The number of nitro groups is 1. The van der Waals surface area contributed by atoms with Gasteiger partial charge >= 0.3 is 5.97 Å². The summed E-state index contributed by atoms with van der Waals surface area (Å²) in [4.78, 5) is 60.3. The van der Waals surface area contributed by atoms with Crippen LogP contribution in [0.3, 0.4) is 0 Å². The van der Waals surface area contributed by atoms with Gasteiger partial charge in [0.2, 0.25) is 0 Å². The smallest absolute Gasteiger partial charge is 0.338 e. The lowest BCUT2D eigenvalue weighted by Crippen LogP contribution is -2.29. The van der Waals surface area contributed by atoms with Crippen LogP contribution in [0.25, 0.3) is 0 Å². The minimum Gasteiger partial charge on any atom is -0.452 e. The Morgan fingerprint density at radius 2 is 1.60 bits per heavy atom. The lowest BCUT2D eigenvalue weighted by atomic mass is 10.1. The molecule has 0 saturated carbocycles. The SMILES string of the molecule is O=C(COC(=O)c1ccc(CN2C(=O)c3ccccc3C2=O)cc1)Nc1cc([N+](=O)[O-])ccc1F. The minimum atomic E-state index is -0.889. The monoisotopic (exact) mass is 477 g/mol. The van der Waals surface area contributed by atoms with Crippen LogP contribution in [0.5, 0.6) is 0 Å². The number of hydrogen-bond donors (Lipinski definition) is 1. The van der Waals surface area contributed by atoms with Crippen molar-refractivity contribution in [3.8, 4) is 0 Å². The zero-order valence-corrected chi connectivity index (χ0v) is 17.9. The number of nitrogens with one attached hydrogen (secondary N) is 1. The number of carbonyl (C=O) groups excluding carboxylic acids is 4. The quantitative estimate of drug-likeness (QED) is 0.239. The van der Waals surface area contributed by atoms with Gasteiger partial charge in [-0.1, -0.05) is 24.3 Å². The highest BCUT2D eigenvalue weighted by Gasteiger charge is 2.34. The second-order valence-corrected chi connectivity index (χ2v) is 7.48. The summed E-state index contributed by atoms with van der Waals surface area (Å²) >= 11 is 0. The molecule has 1 aliphatic heterocycles. The number of imide groups is 1. The first-order valence-corrected chi connectivity index (χ1v) is 10.2.